The summed E-state index contributed by atoms with van der Waals surface area (Å²) in [6.07, 6.45) is 2.99. The van der Waals surface area contributed by atoms with Crippen LogP contribution in [0, 0.1) is 0 Å². The van der Waals surface area contributed by atoms with Crippen molar-refractivity contribution in [3.8, 4) is 0 Å². The van der Waals surface area contributed by atoms with Gasteiger partial charge in [-0.1, -0.05) is 0 Å². The molecule has 2 bridgehead atoms. The highest BCUT2D eigenvalue weighted by Crippen LogP contribution is 2.41. The second-order valence-corrected chi connectivity index (χ2v) is 7.85. The van der Waals surface area contributed by atoms with Crippen LogP contribution in [0.25, 0.3) is 0 Å². The molecule has 2 saturated heterocycles. The van der Waals surface area contributed by atoms with E-state index >= 15 is 0 Å². The van der Waals surface area contributed by atoms with Crippen molar-refractivity contribution in [1.29, 1.82) is 0 Å². The van der Waals surface area contributed by atoms with Gasteiger partial charge in [0.2, 0.25) is 0 Å². The fraction of sp³-hybridized carbons (Fsp3) is 0.750. The zero-order valence-corrected chi connectivity index (χ0v) is 12.2. The average Bonchev–Trinajstić information content (AvgIpc) is 2.22. The van der Waals surface area contributed by atoms with Gasteiger partial charge in [0.05, 0.1) is 7.19 Å². The first-order valence-electron chi connectivity index (χ1n) is 4.12. The molecule has 2 fully saturated rings. The minimum Gasteiger partial charge on any atom is -0.388 e. The van der Waals surface area contributed by atoms with Crippen LogP contribution in [-0.2, 0) is 0 Å². The normalized spacial score (nSPS) is 31.6. The van der Waals surface area contributed by atoms with Crippen LogP contribution in [0.2, 0.25) is 0 Å². The minimum absolute atomic E-state index is 0. The number of rotatable bonds is 0. The summed E-state index contributed by atoms with van der Waals surface area (Å²) in [6, 6.07) is 0. The standard InChI is InChI=1S/C8H11I2NO.ClH/c9-7(10)6-4-8(12)2-1-3-11(6)5-8;/h12H,1-5H2;1H. The molecule has 0 aliphatic carbocycles. The summed E-state index contributed by atoms with van der Waals surface area (Å²) in [6.45, 7) is 1.99. The highest BCUT2D eigenvalue weighted by Gasteiger charge is 2.42. The Balaban J connectivity index is 0.000000845. The van der Waals surface area contributed by atoms with Crippen LogP contribution in [0.5, 0.6) is 0 Å². The van der Waals surface area contributed by atoms with Crippen molar-refractivity contribution in [2.45, 2.75) is 24.9 Å². The molecule has 1 unspecified atom stereocenters. The number of piperidine rings is 1. The zero-order chi connectivity index (χ0) is 8.77. The lowest BCUT2D eigenvalue weighted by Gasteiger charge is -2.29. The number of hydrogen-bond donors (Lipinski definition) is 1. The Kier molecular flexibility index (Phi) is 4.17. The SMILES string of the molecule is Cl.OC12CCCN(C1)C(=C(I)I)C2. The monoisotopic (exact) mass is 427 g/mol. The van der Waals surface area contributed by atoms with Gasteiger partial charge in [0.15, 0.2) is 0 Å². The van der Waals surface area contributed by atoms with Crippen molar-refractivity contribution in [3.05, 3.63) is 7.28 Å². The molecule has 0 aromatic heterocycles. The molecule has 0 radical (unpaired) electrons. The van der Waals surface area contributed by atoms with Crippen molar-refractivity contribution < 1.29 is 5.11 Å². The number of aliphatic hydroxyl groups is 1. The second-order valence-electron chi connectivity index (χ2n) is 3.63. The van der Waals surface area contributed by atoms with Crippen molar-refractivity contribution in [1.82, 2.24) is 4.90 Å². The van der Waals surface area contributed by atoms with Gasteiger partial charge in [-0.05, 0) is 58.0 Å². The largest absolute Gasteiger partial charge is 0.388 e. The van der Waals surface area contributed by atoms with E-state index in [1.165, 1.54) is 7.28 Å². The molecule has 0 aromatic rings. The molecular formula is C8H12ClI2NO. The lowest BCUT2D eigenvalue weighted by atomic mass is 9.95. The van der Waals surface area contributed by atoms with Gasteiger partial charge in [-0.2, -0.15) is 0 Å². The number of hydrogen-bond acceptors (Lipinski definition) is 2. The average molecular weight is 427 g/mol. The van der Waals surface area contributed by atoms with Crippen molar-refractivity contribution in [2.24, 2.45) is 0 Å². The van der Waals surface area contributed by atoms with Crippen molar-refractivity contribution in [3.63, 3.8) is 0 Å². The van der Waals surface area contributed by atoms with E-state index in [-0.39, 0.29) is 12.4 Å². The van der Waals surface area contributed by atoms with Crippen LogP contribution < -0.4 is 0 Å². The first kappa shape index (κ1) is 12.3. The lowest BCUT2D eigenvalue weighted by Crippen LogP contribution is -2.38. The van der Waals surface area contributed by atoms with E-state index in [1.807, 2.05) is 0 Å². The summed E-state index contributed by atoms with van der Waals surface area (Å²) in [5.74, 6) is 0. The number of halogens is 3. The quantitative estimate of drug-likeness (QED) is 0.601. The molecule has 2 aliphatic rings. The third-order valence-corrected chi connectivity index (χ3v) is 3.90. The van der Waals surface area contributed by atoms with Crippen LogP contribution in [0.3, 0.4) is 0 Å². The van der Waals surface area contributed by atoms with E-state index in [9.17, 15) is 5.11 Å². The Labute approximate surface area is 112 Å². The molecule has 0 spiro atoms. The van der Waals surface area contributed by atoms with Gasteiger partial charge in [0.25, 0.3) is 0 Å². The highest BCUT2D eigenvalue weighted by atomic mass is 127. The summed E-state index contributed by atoms with van der Waals surface area (Å²) in [5.41, 5.74) is 0.964. The van der Waals surface area contributed by atoms with Crippen LogP contribution >= 0.6 is 57.6 Å². The molecule has 1 N–H and O–H groups in total. The second kappa shape index (κ2) is 4.40. The van der Waals surface area contributed by atoms with Gasteiger partial charge < -0.3 is 10.0 Å². The molecule has 13 heavy (non-hydrogen) atoms. The molecule has 2 rings (SSSR count). The van der Waals surface area contributed by atoms with Crippen LogP contribution in [-0.4, -0.2) is 28.7 Å². The topological polar surface area (TPSA) is 23.5 Å². The van der Waals surface area contributed by atoms with Gasteiger partial charge in [-0.3, -0.25) is 0 Å². The maximum Gasteiger partial charge on any atom is 0.0877 e. The van der Waals surface area contributed by atoms with Crippen molar-refractivity contribution in [2.75, 3.05) is 13.1 Å². The molecule has 1 atom stereocenters. The fourth-order valence-electron chi connectivity index (χ4n) is 2.10. The van der Waals surface area contributed by atoms with E-state index in [4.69, 9.17) is 0 Å². The molecule has 2 nitrogen and oxygen atoms in total. The van der Waals surface area contributed by atoms with E-state index in [0.717, 1.165) is 32.4 Å². The van der Waals surface area contributed by atoms with Crippen LogP contribution in [0.4, 0.5) is 0 Å². The van der Waals surface area contributed by atoms with E-state index < -0.39 is 5.60 Å². The Morgan fingerprint density at radius 1 is 1.46 bits per heavy atom. The van der Waals surface area contributed by atoms with E-state index in [0.29, 0.717) is 0 Å². The first-order valence-corrected chi connectivity index (χ1v) is 6.28. The zero-order valence-electron chi connectivity index (χ0n) is 7.09. The predicted octanol–water partition coefficient (Wildman–Crippen LogP) is 2.68. The summed E-state index contributed by atoms with van der Waals surface area (Å²) in [4.78, 5) is 2.33. The maximum atomic E-state index is 10.1. The van der Waals surface area contributed by atoms with E-state index in [2.05, 4.69) is 50.1 Å². The Morgan fingerprint density at radius 3 is 2.69 bits per heavy atom. The van der Waals surface area contributed by atoms with Crippen LogP contribution in [0.15, 0.2) is 7.28 Å². The molecule has 76 valence electrons. The summed E-state index contributed by atoms with van der Waals surface area (Å²) < 4.78 is 1.31. The molecule has 2 heterocycles. The van der Waals surface area contributed by atoms with Gasteiger partial charge in [0.1, 0.15) is 0 Å². The van der Waals surface area contributed by atoms with E-state index in [1.54, 1.807) is 0 Å². The molecule has 0 aromatic carbocycles. The summed E-state index contributed by atoms with van der Waals surface area (Å²) in [7, 11) is 0. The van der Waals surface area contributed by atoms with Gasteiger partial charge in [-0.25, -0.2) is 0 Å². The number of nitrogens with zero attached hydrogens (tertiary/aromatic N) is 1. The molecular weight excluding hydrogens is 415 g/mol. The fourth-order valence-corrected chi connectivity index (χ4v) is 3.16. The maximum absolute atomic E-state index is 10.1. The summed E-state index contributed by atoms with van der Waals surface area (Å²) >= 11 is 4.68. The smallest absolute Gasteiger partial charge is 0.0877 e. The Bertz CT molecular complexity index is 242. The van der Waals surface area contributed by atoms with Crippen LogP contribution in [0.1, 0.15) is 19.3 Å². The minimum atomic E-state index is -0.394. The lowest BCUT2D eigenvalue weighted by molar-refractivity contribution is 0.0206. The third-order valence-electron chi connectivity index (χ3n) is 2.65. The summed E-state index contributed by atoms with van der Waals surface area (Å²) in [5, 5.41) is 10.1. The van der Waals surface area contributed by atoms with Crippen molar-refractivity contribution >= 4 is 57.6 Å². The molecule has 0 amide bonds. The molecule has 5 heteroatoms. The highest BCUT2D eigenvalue weighted by molar-refractivity contribution is 14.2. The van der Waals surface area contributed by atoms with Gasteiger partial charge in [-0.15, -0.1) is 12.4 Å². The first-order chi connectivity index (χ1) is 5.61. The van der Waals surface area contributed by atoms with Gasteiger partial charge in [0, 0.05) is 25.2 Å². The number of fused-ring (bicyclic) bond motifs is 2. The molecule has 0 saturated carbocycles. The predicted molar refractivity (Wildman–Crippen MR) is 72.7 cm³/mol. The van der Waals surface area contributed by atoms with Gasteiger partial charge >= 0.3 is 0 Å². The third kappa shape index (κ3) is 2.43. The Morgan fingerprint density at radius 2 is 2.15 bits per heavy atom. The molecule has 2 aliphatic heterocycles. The Hall–Kier alpha value is 1.25.